The van der Waals surface area contributed by atoms with Crippen LogP contribution in [0.1, 0.15) is 24.1 Å². The Bertz CT molecular complexity index is 1060. The number of carbonyl (C=O) groups excluding carboxylic acids is 1. The Morgan fingerprint density at radius 2 is 1.96 bits per heavy atom. The van der Waals surface area contributed by atoms with Crippen LogP contribution < -0.4 is 8.92 Å². The second-order valence-electron chi connectivity index (χ2n) is 6.38. The number of para-hydroxylation sites is 1. The zero-order valence-corrected chi connectivity index (χ0v) is 16.2. The van der Waals surface area contributed by atoms with E-state index in [1.54, 1.807) is 61.5 Å². The molecule has 2 aliphatic heterocycles. The Balaban J connectivity index is 1.90. The number of hydrogen-bond donors (Lipinski definition) is 0. The molecule has 2 aromatic rings. The van der Waals surface area contributed by atoms with Gasteiger partial charge in [-0.2, -0.15) is 8.42 Å². The van der Waals surface area contributed by atoms with Crippen molar-refractivity contribution in [3.05, 3.63) is 65.7 Å². The highest BCUT2D eigenvalue weighted by Crippen LogP contribution is 2.50. The molecular formula is C20H19NO6S. The summed E-state index contributed by atoms with van der Waals surface area (Å²) in [4.78, 5) is 12.7. The maximum atomic E-state index is 13.0. The van der Waals surface area contributed by atoms with E-state index in [-0.39, 0.29) is 12.4 Å². The smallest absolute Gasteiger partial charge is 0.410 e. The third kappa shape index (κ3) is 2.90. The van der Waals surface area contributed by atoms with Gasteiger partial charge in [-0.15, -0.1) is 0 Å². The van der Waals surface area contributed by atoms with E-state index in [2.05, 4.69) is 0 Å². The van der Waals surface area contributed by atoms with Crippen LogP contribution in [0.5, 0.6) is 11.5 Å². The summed E-state index contributed by atoms with van der Waals surface area (Å²) >= 11 is 0. The van der Waals surface area contributed by atoms with Crippen LogP contribution in [0, 0.1) is 5.92 Å². The number of hydrogen-bond acceptors (Lipinski definition) is 6. The molecule has 146 valence electrons. The van der Waals surface area contributed by atoms with E-state index in [0.29, 0.717) is 22.6 Å². The summed E-state index contributed by atoms with van der Waals surface area (Å²) in [5, 5.41) is 0. The van der Waals surface area contributed by atoms with E-state index in [4.69, 9.17) is 13.7 Å². The normalized spacial score (nSPS) is 21.8. The van der Waals surface area contributed by atoms with Gasteiger partial charge >= 0.3 is 16.3 Å². The second kappa shape index (κ2) is 6.87. The maximum absolute atomic E-state index is 13.0. The molecule has 0 bridgehead atoms. The van der Waals surface area contributed by atoms with Gasteiger partial charge in [0.1, 0.15) is 11.7 Å². The van der Waals surface area contributed by atoms with Gasteiger partial charge in [-0.25, -0.2) is 4.31 Å². The molecule has 0 spiro atoms. The number of fused-ring (bicyclic) bond motifs is 3. The predicted molar refractivity (Wildman–Crippen MR) is 102 cm³/mol. The Hall–Kier alpha value is -3.00. The van der Waals surface area contributed by atoms with E-state index in [1.165, 1.54) is 7.11 Å². The molecule has 2 atom stereocenters. The first-order valence-corrected chi connectivity index (χ1v) is 10.2. The highest BCUT2D eigenvalue weighted by atomic mass is 32.2. The molecule has 0 N–H and O–H groups in total. The molecule has 0 fully saturated rings. The summed E-state index contributed by atoms with van der Waals surface area (Å²) in [5.74, 6) is -0.514. The van der Waals surface area contributed by atoms with Crippen LogP contribution in [0.2, 0.25) is 0 Å². The molecule has 0 saturated heterocycles. The van der Waals surface area contributed by atoms with Crippen LogP contribution in [0.4, 0.5) is 0 Å². The number of ether oxygens (including phenoxy) is 2. The van der Waals surface area contributed by atoms with Gasteiger partial charge in [0.2, 0.25) is 0 Å². The number of rotatable bonds is 4. The SMILES string of the molecule is CCOC(=O)[C@@H]1C=C2c3ccccc3OS(=O)(=O)N2[C@H]1c1cccc(OC)c1. The molecule has 0 amide bonds. The van der Waals surface area contributed by atoms with Crippen molar-refractivity contribution in [1.82, 2.24) is 4.31 Å². The van der Waals surface area contributed by atoms with Crippen LogP contribution in [-0.4, -0.2) is 32.4 Å². The minimum atomic E-state index is -4.16. The number of carbonyl (C=O) groups is 1. The average Bonchev–Trinajstić information content (AvgIpc) is 3.10. The third-order valence-corrected chi connectivity index (χ3v) is 6.06. The Kier molecular flexibility index (Phi) is 4.50. The fourth-order valence-corrected chi connectivity index (χ4v) is 4.99. The fraction of sp³-hybridized carbons (Fsp3) is 0.250. The van der Waals surface area contributed by atoms with Crippen LogP contribution >= 0.6 is 0 Å². The lowest BCUT2D eigenvalue weighted by Crippen LogP contribution is -2.39. The first kappa shape index (κ1) is 18.4. The van der Waals surface area contributed by atoms with Gasteiger partial charge in [-0.1, -0.05) is 24.3 Å². The van der Waals surface area contributed by atoms with Crippen molar-refractivity contribution in [2.75, 3.05) is 13.7 Å². The maximum Gasteiger partial charge on any atom is 0.410 e. The monoisotopic (exact) mass is 401 g/mol. The molecule has 7 nitrogen and oxygen atoms in total. The van der Waals surface area contributed by atoms with Crippen LogP contribution in [0.25, 0.3) is 5.70 Å². The van der Waals surface area contributed by atoms with Crippen LogP contribution in [-0.2, 0) is 19.8 Å². The van der Waals surface area contributed by atoms with Crippen molar-refractivity contribution in [3.8, 4) is 11.5 Å². The highest BCUT2D eigenvalue weighted by molar-refractivity contribution is 7.85. The average molecular weight is 401 g/mol. The van der Waals surface area contributed by atoms with Gasteiger partial charge in [-0.05, 0) is 42.8 Å². The Morgan fingerprint density at radius 3 is 2.71 bits per heavy atom. The minimum Gasteiger partial charge on any atom is -0.497 e. The number of methoxy groups -OCH3 is 1. The van der Waals surface area contributed by atoms with Crippen molar-refractivity contribution in [2.24, 2.45) is 5.92 Å². The van der Waals surface area contributed by atoms with Gasteiger partial charge in [0.05, 0.1) is 25.5 Å². The fourth-order valence-electron chi connectivity index (χ4n) is 3.61. The molecule has 0 aromatic heterocycles. The molecule has 2 aliphatic rings. The van der Waals surface area contributed by atoms with Gasteiger partial charge in [-0.3, -0.25) is 4.79 Å². The lowest BCUT2D eigenvalue weighted by atomic mass is 9.95. The van der Waals surface area contributed by atoms with Crippen molar-refractivity contribution < 1.29 is 26.9 Å². The van der Waals surface area contributed by atoms with E-state index < -0.39 is 28.2 Å². The second-order valence-corrected chi connectivity index (χ2v) is 7.80. The molecule has 8 heteroatoms. The molecule has 28 heavy (non-hydrogen) atoms. The molecular weight excluding hydrogens is 382 g/mol. The summed E-state index contributed by atoms with van der Waals surface area (Å²) in [7, 11) is -2.63. The van der Waals surface area contributed by atoms with E-state index in [1.807, 2.05) is 0 Å². The van der Waals surface area contributed by atoms with Crippen molar-refractivity contribution in [1.29, 1.82) is 0 Å². The van der Waals surface area contributed by atoms with E-state index in [9.17, 15) is 13.2 Å². The highest BCUT2D eigenvalue weighted by Gasteiger charge is 2.50. The predicted octanol–water partition coefficient (Wildman–Crippen LogP) is 2.91. The topological polar surface area (TPSA) is 82.1 Å². The zero-order chi connectivity index (χ0) is 19.9. The molecule has 0 unspecified atom stereocenters. The van der Waals surface area contributed by atoms with E-state index >= 15 is 0 Å². The van der Waals surface area contributed by atoms with Gasteiger partial charge in [0.15, 0.2) is 5.75 Å². The van der Waals surface area contributed by atoms with Crippen molar-refractivity contribution in [3.63, 3.8) is 0 Å². The molecule has 4 rings (SSSR count). The zero-order valence-electron chi connectivity index (χ0n) is 15.4. The lowest BCUT2D eigenvalue weighted by Gasteiger charge is -2.34. The van der Waals surface area contributed by atoms with Gasteiger partial charge < -0.3 is 13.7 Å². The number of nitrogens with zero attached hydrogens (tertiary/aromatic N) is 1. The third-order valence-electron chi connectivity index (χ3n) is 4.76. The molecule has 0 saturated carbocycles. The van der Waals surface area contributed by atoms with Crippen molar-refractivity contribution in [2.45, 2.75) is 13.0 Å². The summed E-state index contributed by atoms with van der Waals surface area (Å²) in [6.07, 6.45) is 1.64. The first-order valence-electron chi connectivity index (χ1n) is 8.82. The first-order chi connectivity index (χ1) is 13.5. The van der Waals surface area contributed by atoms with E-state index in [0.717, 1.165) is 4.31 Å². The van der Waals surface area contributed by atoms with Gasteiger partial charge in [0.25, 0.3) is 0 Å². The summed E-state index contributed by atoms with van der Waals surface area (Å²) < 4.78 is 42.9. The largest absolute Gasteiger partial charge is 0.497 e. The molecule has 0 aliphatic carbocycles. The summed E-state index contributed by atoms with van der Waals surface area (Å²) in [5.41, 5.74) is 1.62. The Morgan fingerprint density at radius 1 is 1.18 bits per heavy atom. The molecule has 2 heterocycles. The molecule has 0 radical (unpaired) electrons. The summed E-state index contributed by atoms with van der Waals surface area (Å²) in [6, 6.07) is 13.0. The molecule has 2 aromatic carbocycles. The lowest BCUT2D eigenvalue weighted by molar-refractivity contribution is -0.147. The Labute approximate surface area is 163 Å². The standard InChI is InChI=1S/C20H19NO6S/c1-3-26-20(22)16-12-17-15-9-4-5-10-18(15)27-28(23,24)21(17)19(16)13-7-6-8-14(11-13)25-2/h4-12,16,19H,3H2,1-2H3/t16-,19+/m1/s1. The summed E-state index contributed by atoms with van der Waals surface area (Å²) in [6.45, 7) is 1.91. The van der Waals surface area contributed by atoms with Crippen LogP contribution in [0.15, 0.2) is 54.6 Å². The number of esters is 1. The minimum absolute atomic E-state index is 0.198. The van der Waals surface area contributed by atoms with Crippen molar-refractivity contribution >= 4 is 22.0 Å². The quantitative estimate of drug-likeness (QED) is 0.733. The van der Waals surface area contributed by atoms with Gasteiger partial charge in [0, 0.05) is 5.56 Å². The van der Waals surface area contributed by atoms with Crippen LogP contribution in [0.3, 0.4) is 0 Å². The number of benzene rings is 2.